The van der Waals surface area contributed by atoms with Gasteiger partial charge >= 0.3 is 0 Å². The van der Waals surface area contributed by atoms with Crippen molar-refractivity contribution < 1.29 is 19.1 Å². The second-order valence-electron chi connectivity index (χ2n) is 6.11. The van der Waals surface area contributed by atoms with Crippen molar-refractivity contribution in [3.05, 3.63) is 28.8 Å². The van der Waals surface area contributed by atoms with Crippen LogP contribution in [0.5, 0.6) is 11.5 Å². The van der Waals surface area contributed by atoms with Gasteiger partial charge in [-0.3, -0.25) is 9.59 Å². The van der Waals surface area contributed by atoms with E-state index >= 15 is 0 Å². The molecule has 28 heavy (non-hydrogen) atoms. The monoisotopic (exact) mass is 406 g/mol. The van der Waals surface area contributed by atoms with E-state index in [0.717, 1.165) is 30.7 Å². The van der Waals surface area contributed by atoms with Crippen LogP contribution in [0.1, 0.15) is 48.0 Å². The minimum atomic E-state index is -0.306. The molecule has 2 amide bonds. The van der Waals surface area contributed by atoms with Crippen molar-refractivity contribution in [2.75, 3.05) is 26.1 Å². The lowest BCUT2D eigenvalue weighted by atomic mass is 10.2. The van der Waals surface area contributed by atoms with E-state index in [1.54, 1.807) is 18.2 Å². The highest BCUT2D eigenvalue weighted by Crippen LogP contribution is 2.22. The van der Waals surface area contributed by atoms with E-state index in [-0.39, 0.29) is 24.8 Å². The SMILES string of the molecule is CCCCCc1nnc(NC(=O)CCNC(=O)c2cc(OC)cc(OC)c2)s1. The summed E-state index contributed by atoms with van der Waals surface area (Å²) in [6.07, 6.45) is 4.38. The molecule has 0 aliphatic carbocycles. The van der Waals surface area contributed by atoms with Crippen LogP contribution in [0.15, 0.2) is 18.2 Å². The van der Waals surface area contributed by atoms with Crippen LogP contribution < -0.4 is 20.1 Å². The van der Waals surface area contributed by atoms with Gasteiger partial charge in [0.15, 0.2) is 0 Å². The molecule has 0 saturated carbocycles. The number of hydrogen-bond acceptors (Lipinski definition) is 7. The Morgan fingerprint density at radius 2 is 1.79 bits per heavy atom. The van der Waals surface area contributed by atoms with Gasteiger partial charge < -0.3 is 20.1 Å². The number of carbonyl (C=O) groups is 2. The van der Waals surface area contributed by atoms with Gasteiger partial charge in [0.05, 0.1) is 14.2 Å². The number of nitrogens with one attached hydrogen (secondary N) is 2. The Balaban J connectivity index is 1.78. The Morgan fingerprint density at radius 3 is 2.43 bits per heavy atom. The minimum absolute atomic E-state index is 0.136. The van der Waals surface area contributed by atoms with Gasteiger partial charge in [-0.2, -0.15) is 0 Å². The molecular weight excluding hydrogens is 380 g/mol. The van der Waals surface area contributed by atoms with Crippen LogP contribution in [0.4, 0.5) is 5.13 Å². The van der Waals surface area contributed by atoms with Crippen molar-refractivity contribution in [2.45, 2.75) is 39.0 Å². The summed E-state index contributed by atoms with van der Waals surface area (Å²) in [7, 11) is 3.03. The maximum Gasteiger partial charge on any atom is 0.251 e. The number of amides is 2. The van der Waals surface area contributed by atoms with Crippen LogP contribution in [0.25, 0.3) is 0 Å². The van der Waals surface area contributed by atoms with Crippen molar-refractivity contribution >= 4 is 28.3 Å². The number of benzene rings is 1. The first kappa shape index (κ1) is 21.6. The molecule has 0 fully saturated rings. The second-order valence-corrected chi connectivity index (χ2v) is 7.18. The quantitative estimate of drug-likeness (QED) is 0.556. The van der Waals surface area contributed by atoms with Crippen LogP contribution >= 0.6 is 11.3 Å². The van der Waals surface area contributed by atoms with Crippen molar-refractivity contribution in [1.29, 1.82) is 0 Å². The lowest BCUT2D eigenvalue weighted by Gasteiger charge is -2.09. The molecule has 2 aromatic rings. The zero-order chi connectivity index (χ0) is 20.4. The second kappa shape index (κ2) is 11.2. The van der Waals surface area contributed by atoms with Crippen molar-refractivity contribution in [3.8, 4) is 11.5 Å². The third kappa shape index (κ3) is 6.80. The predicted molar refractivity (Wildman–Crippen MR) is 108 cm³/mol. The lowest BCUT2D eigenvalue weighted by Crippen LogP contribution is -2.27. The molecule has 8 nitrogen and oxygen atoms in total. The van der Waals surface area contributed by atoms with Crippen LogP contribution in [-0.2, 0) is 11.2 Å². The third-order valence-corrected chi connectivity index (χ3v) is 4.86. The lowest BCUT2D eigenvalue weighted by molar-refractivity contribution is -0.116. The number of methoxy groups -OCH3 is 2. The molecule has 0 spiro atoms. The van der Waals surface area contributed by atoms with Gasteiger partial charge in [0.1, 0.15) is 16.5 Å². The van der Waals surface area contributed by atoms with Crippen LogP contribution in [0.2, 0.25) is 0 Å². The molecular formula is C19H26N4O4S. The van der Waals surface area contributed by atoms with E-state index in [9.17, 15) is 9.59 Å². The van der Waals surface area contributed by atoms with Gasteiger partial charge in [0.25, 0.3) is 5.91 Å². The summed E-state index contributed by atoms with van der Waals surface area (Å²) in [6.45, 7) is 2.35. The van der Waals surface area contributed by atoms with Crippen LogP contribution in [-0.4, -0.2) is 42.8 Å². The largest absolute Gasteiger partial charge is 0.497 e. The smallest absolute Gasteiger partial charge is 0.251 e. The molecule has 0 aliphatic rings. The predicted octanol–water partition coefficient (Wildman–Crippen LogP) is 3.05. The zero-order valence-electron chi connectivity index (χ0n) is 16.4. The number of hydrogen-bond donors (Lipinski definition) is 2. The number of aromatic nitrogens is 2. The molecule has 1 heterocycles. The van der Waals surface area contributed by atoms with E-state index < -0.39 is 0 Å². The van der Waals surface area contributed by atoms with E-state index in [1.807, 2.05) is 0 Å². The molecule has 0 unspecified atom stereocenters. The fraction of sp³-hybridized carbons (Fsp3) is 0.474. The normalized spacial score (nSPS) is 10.4. The Kier molecular flexibility index (Phi) is 8.67. The van der Waals surface area contributed by atoms with E-state index in [0.29, 0.717) is 22.2 Å². The maximum absolute atomic E-state index is 12.3. The summed E-state index contributed by atoms with van der Waals surface area (Å²) in [5, 5.41) is 14.9. The molecule has 1 aromatic heterocycles. The van der Waals surface area contributed by atoms with Gasteiger partial charge in [0.2, 0.25) is 11.0 Å². The first-order valence-electron chi connectivity index (χ1n) is 9.19. The maximum atomic E-state index is 12.3. The van der Waals surface area contributed by atoms with Gasteiger partial charge in [-0.05, 0) is 18.6 Å². The fourth-order valence-electron chi connectivity index (χ4n) is 2.44. The molecule has 9 heteroatoms. The third-order valence-electron chi connectivity index (χ3n) is 3.96. The highest BCUT2D eigenvalue weighted by molar-refractivity contribution is 7.15. The standard InChI is InChI=1S/C19H26N4O4S/c1-4-5-6-7-17-22-23-19(28-17)21-16(24)8-9-20-18(25)13-10-14(26-2)12-15(11-13)27-3/h10-12H,4-9H2,1-3H3,(H,20,25)(H,21,23,24). The fourth-order valence-corrected chi connectivity index (χ4v) is 3.24. The van der Waals surface area contributed by atoms with E-state index in [1.165, 1.54) is 25.6 Å². The molecule has 0 bridgehead atoms. The van der Waals surface area contributed by atoms with E-state index in [2.05, 4.69) is 27.8 Å². The number of rotatable bonds is 11. The summed E-state index contributed by atoms with van der Waals surface area (Å²) in [6, 6.07) is 4.90. The highest BCUT2D eigenvalue weighted by Gasteiger charge is 2.12. The highest BCUT2D eigenvalue weighted by atomic mass is 32.1. The Bertz CT molecular complexity index is 772. The van der Waals surface area contributed by atoms with Gasteiger partial charge in [-0.15, -0.1) is 10.2 Å². The van der Waals surface area contributed by atoms with Gasteiger partial charge in [-0.25, -0.2) is 0 Å². The van der Waals surface area contributed by atoms with Crippen LogP contribution in [0, 0.1) is 0 Å². The zero-order valence-corrected chi connectivity index (χ0v) is 17.2. The number of aryl methyl sites for hydroxylation is 1. The number of ether oxygens (including phenoxy) is 2. The Hall–Kier alpha value is -2.68. The first-order chi connectivity index (χ1) is 13.5. The minimum Gasteiger partial charge on any atom is -0.497 e. The summed E-state index contributed by atoms with van der Waals surface area (Å²) >= 11 is 1.39. The van der Waals surface area contributed by atoms with E-state index in [4.69, 9.17) is 9.47 Å². The summed E-state index contributed by atoms with van der Waals surface area (Å²) in [4.78, 5) is 24.3. The average molecular weight is 407 g/mol. The van der Waals surface area contributed by atoms with Gasteiger partial charge in [-0.1, -0.05) is 31.1 Å². The molecule has 0 aliphatic heterocycles. The van der Waals surface area contributed by atoms with Crippen molar-refractivity contribution in [1.82, 2.24) is 15.5 Å². The van der Waals surface area contributed by atoms with Crippen molar-refractivity contribution in [3.63, 3.8) is 0 Å². The summed E-state index contributed by atoms with van der Waals surface area (Å²) in [5.41, 5.74) is 0.400. The molecule has 0 atom stereocenters. The Morgan fingerprint density at radius 1 is 1.07 bits per heavy atom. The molecule has 0 saturated heterocycles. The molecule has 0 radical (unpaired) electrons. The molecule has 1 aromatic carbocycles. The average Bonchev–Trinajstić information content (AvgIpc) is 3.14. The molecule has 152 valence electrons. The number of anilines is 1. The molecule has 2 rings (SSSR count). The number of nitrogens with zero attached hydrogens (tertiary/aromatic N) is 2. The summed E-state index contributed by atoms with van der Waals surface area (Å²) in [5.74, 6) is 0.514. The topological polar surface area (TPSA) is 102 Å². The number of unbranched alkanes of at least 4 members (excludes halogenated alkanes) is 2. The number of carbonyl (C=O) groups excluding carboxylic acids is 2. The Labute approximate surface area is 168 Å². The summed E-state index contributed by atoms with van der Waals surface area (Å²) < 4.78 is 10.3. The molecule has 2 N–H and O–H groups in total. The first-order valence-corrected chi connectivity index (χ1v) is 10.0. The van der Waals surface area contributed by atoms with Gasteiger partial charge in [0, 0.05) is 31.0 Å². The van der Waals surface area contributed by atoms with Crippen molar-refractivity contribution in [2.24, 2.45) is 0 Å². The van der Waals surface area contributed by atoms with Crippen LogP contribution in [0.3, 0.4) is 0 Å².